The molecule has 0 radical (unpaired) electrons. The van der Waals surface area contributed by atoms with Crippen LogP contribution in [0.25, 0.3) is 22.4 Å². The molecule has 1 amide bonds. The van der Waals surface area contributed by atoms with E-state index in [1.807, 2.05) is 66.9 Å². The summed E-state index contributed by atoms with van der Waals surface area (Å²) >= 11 is 2.59. The van der Waals surface area contributed by atoms with Gasteiger partial charge in [0.25, 0.3) is 0 Å². The van der Waals surface area contributed by atoms with Crippen molar-refractivity contribution in [3.63, 3.8) is 0 Å². The fourth-order valence-corrected chi connectivity index (χ4v) is 5.24. The summed E-state index contributed by atoms with van der Waals surface area (Å²) in [4.78, 5) is 21.3. The monoisotopic (exact) mass is 526 g/mol. The number of ether oxygens (including phenoxy) is 1. The molecule has 3 N–H and O–H groups in total. The lowest BCUT2D eigenvalue weighted by Crippen LogP contribution is -2.12. The Morgan fingerprint density at radius 1 is 1.05 bits per heavy atom. The summed E-state index contributed by atoms with van der Waals surface area (Å²) in [6.07, 6.45) is 0.176. The van der Waals surface area contributed by atoms with E-state index in [-0.39, 0.29) is 29.3 Å². The van der Waals surface area contributed by atoms with Gasteiger partial charge in [-0.3, -0.25) is 4.79 Å². The predicted octanol–water partition coefficient (Wildman–Crippen LogP) is 5.72. The number of nitrogens with two attached hydrogens (primary N) is 1. The van der Waals surface area contributed by atoms with Gasteiger partial charge in [-0.25, -0.2) is 9.97 Å². The topological polar surface area (TPSA) is 138 Å². The highest BCUT2D eigenvalue weighted by atomic mass is 32.2. The number of carbonyl (C=O) groups is 1. The number of carbonyl (C=O) groups excluding carboxylic acids is 1. The SMILES string of the molecule is CCOc1ccc(-c2csc(NC(=O)CCSc3nc(N)c(C#N)c(-c4ccccc4)c3C#N)n2)cc1. The van der Waals surface area contributed by atoms with Crippen molar-refractivity contribution in [1.82, 2.24) is 9.97 Å². The van der Waals surface area contributed by atoms with Crippen molar-refractivity contribution in [2.24, 2.45) is 0 Å². The van der Waals surface area contributed by atoms with E-state index in [0.717, 1.165) is 17.0 Å². The Kier molecular flexibility index (Phi) is 8.37. The summed E-state index contributed by atoms with van der Waals surface area (Å²) in [6.45, 7) is 2.54. The van der Waals surface area contributed by atoms with Crippen LogP contribution in [0.3, 0.4) is 0 Å². The Morgan fingerprint density at radius 3 is 2.46 bits per heavy atom. The van der Waals surface area contributed by atoms with E-state index in [1.54, 1.807) is 0 Å². The van der Waals surface area contributed by atoms with E-state index in [4.69, 9.17) is 10.5 Å². The molecule has 0 unspecified atom stereocenters. The molecule has 37 heavy (non-hydrogen) atoms. The van der Waals surface area contributed by atoms with Gasteiger partial charge >= 0.3 is 0 Å². The summed E-state index contributed by atoms with van der Waals surface area (Å²) < 4.78 is 5.47. The first kappa shape index (κ1) is 25.7. The third-order valence-corrected chi connectivity index (χ3v) is 6.99. The van der Waals surface area contributed by atoms with Crippen LogP contribution in [0, 0.1) is 22.7 Å². The second-order valence-corrected chi connectivity index (χ2v) is 9.60. The quantitative estimate of drug-likeness (QED) is 0.264. The third kappa shape index (κ3) is 6.07. The van der Waals surface area contributed by atoms with Crippen LogP contribution >= 0.6 is 23.1 Å². The summed E-state index contributed by atoms with van der Waals surface area (Å²) in [6, 6.07) is 21.0. The first-order chi connectivity index (χ1) is 18.0. The molecule has 2 heterocycles. The maximum absolute atomic E-state index is 12.5. The smallest absolute Gasteiger partial charge is 0.226 e. The van der Waals surface area contributed by atoms with Crippen molar-refractivity contribution in [1.29, 1.82) is 10.5 Å². The number of hydrogen-bond donors (Lipinski definition) is 2. The van der Waals surface area contributed by atoms with Crippen LogP contribution < -0.4 is 15.8 Å². The molecule has 2 aromatic heterocycles. The van der Waals surface area contributed by atoms with Crippen molar-refractivity contribution < 1.29 is 9.53 Å². The number of nitrogens with zero attached hydrogens (tertiary/aromatic N) is 4. The highest BCUT2D eigenvalue weighted by Gasteiger charge is 2.20. The van der Waals surface area contributed by atoms with Crippen molar-refractivity contribution in [2.75, 3.05) is 23.4 Å². The lowest BCUT2D eigenvalue weighted by molar-refractivity contribution is -0.115. The summed E-state index contributed by atoms with van der Waals surface area (Å²) in [5.41, 5.74) is 9.33. The third-order valence-electron chi connectivity index (χ3n) is 5.26. The van der Waals surface area contributed by atoms with E-state index in [9.17, 15) is 15.3 Å². The van der Waals surface area contributed by atoms with E-state index in [1.165, 1.54) is 23.1 Å². The molecular weight excluding hydrogens is 504 g/mol. The first-order valence-corrected chi connectivity index (χ1v) is 13.2. The second-order valence-electron chi connectivity index (χ2n) is 7.66. The van der Waals surface area contributed by atoms with Crippen molar-refractivity contribution in [3.8, 4) is 40.3 Å². The van der Waals surface area contributed by atoms with Gasteiger partial charge in [0.15, 0.2) is 5.13 Å². The number of thiazole rings is 1. The minimum Gasteiger partial charge on any atom is -0.494 e. The Balaban J connectivity index is 1.41. The van der Waals surface area contributed by atoms with Gasteiger partial charge in [-0.05, 0) is 36.8 Å². The number of nitrogen functional groups attached to an aromatic ring is 1. The van der Waals surface area contributed by atoms with Gasteiger partial charge in [-0.15, -0.1) is 23.1 Å². The van der Waals surface area contributed by atoms with Crippen molar-refractivity contribution in [3.05, 3.63) is 71.1 Å². The Hall–Kier alpha value is -4.38. The van der Waals surface area contributed by atoms with Crippen molar-refractivity contribution in [2.45, 2.75) is 18.4 Å². The van der Waals surface area contributed by atoms with Crippen LogP contribution in [0.15, 0.2) is 65.0 Å². The van der Waals surface area contributed by atoms with Gasteiger partial charge in [0, 0.05) is 28.7 Å². The number of benzene rings is 2. The molecule has 0 saturated carbocycles. The van der Waals surface area contributed by atoms with Gasteiger partial charge in [0.1, 0.15) is 34.3 Å². The average Bonchev–Trinajstić information content (AvgIpc) is 3.37. The maximum Gasteiger partial charge on any atom is 0.226 e. The number of nitrogens with one attached hydrogen (secondary N) is 1. The van der Waals surface area contributed by atoms with E-state index < -0.39 is 0 Å². The number of nitriles is 2. The van der Waals surface area contributed by atoms with E-state index in [2.05, 4.69) is 27.4 Å². The van der Waals surface area contributed by atoms with E-state index in [0.29, 0.717) is 33.6 Å². The maximum atomic E-state index is 12.5. The molecule has 10 heteroatoms. The minimum atomic E-state index is -0.205. The molecule has 0 saturated heterocycles. The van der Waals surface area contributed by atoms with Crippen LogP contribution in [-0.2, 0) is 4.79 Å². The summed E-state index contributed by atoms with van der Waals surface area (Å²) in [7, 11) is 0. The van der Waals surface area contributed by atoms with Crippen LogP contribution in [0.4, 0.5) is 10.9 Å². The molecule has 0 bridgehead atoms. The fraction of sp³-hybridized carbons (Fsp3) is 0.148. The zero-order valence-corrected chi connectivity index (χ0v) is 21.5. The summed E-state index contributed by atoms with van der Waals surface area (Å²) in [5, 5.41) is 25.1. The molecule has 0 fully saturated rings. The molecule has 4 aromatic rings. The highest BCUT2D eigenvalue weighted by molar-refractivity contribution is 7.99. The molecule has 2 aromatic carbocycles. The largest absolute Gasteiger partial charge is 0.494 e. The van der Waals surface area contributed by atoms with Crippen LogP contribution in [0.2, 0.25) is 0 Å². The second kappa shape index (κ2) is 12.0. The Labute approximate surface area is 222 Å². The molecule has 0 aliphatic carbocycles. The molecule has 0 aliphatic heterocycles. The number of anilines is 2. The number of rotatable bonds is 9. The van der Waals surface area contributed by atoms with Gasteiger partial charge in [-0.1, -0.05) is 30.3 Å². The molecule has 0 atom stereocenters. The number of thioether (sulfide) groups is 1. The highest BCUT2D eigenvalue weighted by Crippen LogP contribution is 2.35. The zero-order valence-electron chi connectivity index (χ0n) is 19.9. The minimum absolute atomic E-state index is 0.0527. The summed E-state index contributed by atoms with van der Waals surface area (Å²) in [5.74, 6) is 1.01. The van der Waals surface area contributed by atoms with Crippen LogP contribution in [-0.4, -0.2) is 28.2 Å². The van der Waals surface area contributed by atoms with Crippen LogP contribution in [0.1, 0.15) is 24.5 Å². The number of amides is 1. The molecule has 0 spiro atoms. The van der Waals surface area contributed by atoms with E-state index >= 15 is 0 Å². The van der Waals surface area contributed by atoms with Gasteiger partial charge in [0.2, 0.25) is 5.91 Å². The lowest BCUT2D eigenvalue weighted by Gasteiger charge is -2.12. The first-order valence-electron chi connectivity index (χ1n) is 11.3. The Morgan fingerprint density at radius 2 is 1.78 bits per heavy atom. The number of pyridine rings is 1. The zero-order chi connectivity index (χ0) is 26.2. The Bertz CT molecular complexity index is 1490. The van der Waals surface area contributed by atoms with Gasteiger partial charge in [-0.2, -0.15) is 10.5 Å². The fourth-order valence-electron chi connectivity index (χ4n) is 3.57. The average molecular weight is 527 g/mol. The predicted molar refractivity (Wildman–Crippen MR) is 146 cm³/mol. The normalized spacial score (nSPS) is 10.4. The van der Waals surface area contributed by atoms with Gasteiger partial charge in [0.05, 0.1) is 17.9 Å². The molecular formula is C27H22N6O2S2. The van der Waals surface area contributed by atoms with Crippen LogP contribution in [0.5, 0.6) is 5.75 Å². The van der Waals surface area contributed by atoms with Crippen molar-refractivity contribution >= 4 is 40.0 Å². The molecule has 184 valence electrons. The lowest BCUT2D eigenvalue weighted by atomic mass is 9.97. The molecule has 0 aliphatic rings. The number of aromatic nitrogens is 2. The molecule has 8 nitrogen and oxygen atoms in total. The van der Waals surface area contributed by atoms with Gasteiger partial charge < -0.3 is 15.8 Å². The molecule has 4 rings (SSSR count). The standard InChI is InChI=1S/C27H22N6O2S2/c1-2-35-19-10-8-17(9-11-19)22-16-37-27(31-22)32-23(34)12-13-36-26-21(15-29)24(18-6-4-3-5-7-18)20(14-28)25(30)33-26/h3-11,16H,2,12-13H2,1H3,(H2,30,33)(H,31,32,34). The number of hydrogen-bond acceptors (Lipinski definition) is 9.